The van der Waals surface area contributed by atoms with Gasteiger partial charge in [0.15, 0.2) is 0 Å². The van der Waals surface area contributed by atoms with Gasteiger partial charge in [-0.25, -0.2) is 0 Å². The first-order valence-corrected chi connectivity index (χ1v) is 43.1. The van der Waals surface area contributed by atoms with Crippen LogP contribution in [0.15, 0.2) is 458 Å². The fourth-order valence-electron chi connectivity index (χ4n) is 18.2. The van der Waals surface area contributed by atoms with Crippen molar-refractivity contribution in [2.45, 2.75) is 0 Å². The van der Waals surface area contributed by atoms with Gasteiger partial charge in [0, 0.05) is 113 Å². The average molecular weight is 1590 g/mol. The van der Waals surface area contributed by atoms with Crippen LogP contribution < -0.4 is 9.80 Å². The second-order valence-electron chi connectivity index (χ2n) is 31.3. The number of furan rings is 2. The van der Waals surface area contributed by atoms with Gasteiger partial charge in [0.1, 0.15) is 22.3 Å². The van der Waals surface area contributed by atoms with E-state index in [2.05, 4.69) is 441 Å². The number of anilines is 6. The molecular formula is C116H74N2O2S2. The molecule has 0 aliphatic rings. The molecule has 0 aliphatic heterocycles. The van der Waals surface area contributed by atoms with Crippen molar-refractivity contribution in [1.82, 2.24) is 0 Å². The maximum atomic E-state index is 6.78. The number of benzene rings is 20. The molecule has 4 heterocycles. The van der Waals surface area contributed by atoms with Crippen LogP contribution >= 0.6 is 22.7 Å². The molecule has 4 aromatic heterocycles. The van der Waals surface area contributed by atoms with Gasteiger partial charge in [0.25, 0.3) is 0 Å². The SMILES string of the molecule is c1ccc(-c2cccc3c2oc2c(-c4cccc(-c5ccc(N(c6ccc(-c7cccc8c7oc7ccccc78)cc6)c6ccc7ccccc7c6)cc5)c4)cccc23)cc1.c1ccc(-c2cccc3c2sc2c(-c4cccc(-c5ccc(N(c6ccc(-c7cccc8c7sc7ccccc78)cc6)c6ccc7ccccc7c6)cc5)c4)cccc23)cc1. The smallest absolute Gasteiger partial charge is 0.143 e. The zero-order valence-corrected chi connectivity index (χ0v) is 67.9. The van der Waals surface area contributed by atoms with Crippen LogP contribution in [-0.4, -0.2) is 0 Å². The van der Waals surface area contributed by atoms with Crippen LogP contribution in [0.2, 0.25) is 0 Å². The number of hydrogen-bond donors (Lipinski definition) is 0. The molecule has 20 aromatic carbocycles. The Bertz CT molecular complexity index is 7640. The van der Waals surface area contributed by atoms with Gasteiger partial charge in [-0.05, 0) is 191 Å². The van der Waals surface area contributed by atoms with Gasteiger partial charge in [-0.2, -0.15) is 0 Å². The van der Waals surface area contributed by atoms with Gasteiger partial charge in [-0.3, -0.25) is 0 Å². The molecule has 572 valence electrons. The summed E-state index contributed by atoms with van der Waals surface area (Å²) < 4.78 is 18.5. The van der Waals surface area contributed by atoms with Crippen LogP contribution in [0.25, 0.3) is 195 Å². The van der Waals surface area contributed by atoms with Crippen molar-refractivity contribution in [3.63, 3.8) is 0 Å². The molecule has 0 saturated heterocycles. The van der Waals surface area contributed by atoms with Crippen molar-refractivity contribution in [1.29, 1.82) is 0 Å². The fraction of sp³-hybridized carbons (Fsp3) is 0. The van der Waals surface area contributed by atoms with Crippen LogP contribution in [-0.2, 0) is 0 Å². The van der Waals surface area contributed by atoms with Crippen LogP contribution in [0, 0.1) is 0 Å². The maximum Gasteiger partial charge on any atom is 0.143 e. The molecule has 4 nitrogen and oxygen atoms in total. The molecular weight excluding hydrogens is 1520 g/mol. The van der Waals surface area contributed by atoms with Crippen molar-refractivity contribution in [2.24, 2.45) is 0 Å². The summed E-state index contributed by atoms with van der Waals surface area (Å²) in [6.45, 7) is 0. The Morgan fingerprint density at radius 3 is 0.967 bits per heavy atom. The monoisotopic (exact) mass is 1590 g/mol. The lowest BCUT2D eigenvalue weighted by atomic mass is 9.97. The molecule has 0 amide bonds. The Kier molecular flexibility index (Phi) is 18.0. The first-order chi connectivity index (χ1) is 60.5. The van der Waals surface area contributed by atoms with Crippen molar-refractivity contribution >= 4 is 163 Å². The van der Waals surface area contributed by atoms with E-state index < -0.39 is 0 Å². The first-order valence-electron chi connectivity index (χ1n) is 41.5. The molecule has 0 atom stereocenters. The highest BCUT2D eigenvalue weighted by molar-refractivity contribution is 7.27. The van der Waals surface area contributed by atoms with Gasteiger partial charge in [0.2, 0.25) is 0 Å². The number of nitrogens with zero attached hydrogens (tertiary/aromatic N) is 2. The molecule has 0 unspecified atom stereocenters. The Hall–Kier alpha value is -15.4. The summed E-state index contributed by atoms with van der Waals surface area (Å²) in [6, 6.07) is 162. The van der Waals surface area contributed by atoms with E-state index in [0.29, 0.717) is 0 Å². The van der Waals surface area contributed by atoms with E-state index in [1.165, 1.54) is 106 Å². The minimum Gasteiger partial charge on any atom is -0.455 e. The molecule has 0 N–H and O–H groups in total. The lowest BCUT2D eigenvalue weighted by Crippen LogP contribution is -2.09. The number of rotatable bonds is 14. The third kappa shape index (κ3) is 12.9. The highest BCUT2D eigenvalue weighted by atomic mass is 32.1. The van der Waals surface area contributed by atoms with E-state index in [-0.39, 0.29) is 0 Å². The van der Waals surface area contributed by atoms with Gasteiger partial charge in [0.05, 0.1) is 0 Å². The number of thiophene rings is 2. The highest BCUT2D eigenvalue weighted by Gasteiger charge is 2.23. The number of para-hydroxylation sites is 4. The second kappa shape index (κ2) is 30.5. The summed E-state index contributed by atoms with van der Waals surface area (Å²) in [5.74, 6) is 0. The normalized spacial score (nSPS) is 11.6. The average Bonchev–Trinajstić information content (AvgIpc) is 1.61. The molecule has 0 spiro atoms. The predicted molar refractivity (Wildman–Crippen MR) is 521 cm³/mol. The molecule has 6 heteroatoms. The standard InChI is InChI=1S/C58H37NO2.C58H37NS2/c2*1-2-13-40(14-3-1)48-19-10-23-53-54-24-11-21-50(58(54)61-57(48)53)44-17-8-16-42(36-44)39-26-31-45(32-27-39)59(47-35-28-38-12-4-5-15-43(38)37-47)46-33-29-41(30-34-46)49-20-9-22-52-51-18-6-7-25-55(51)60-56(49)52/h2*1-37H. The molecule has 0 fully saturated rings. The predicted octanol–water partition coefficient (Wildman–Crippen LogP) is 34.5. The summed E-state index contributed by atoms with van der Waals surface area (Å²) in [5, 5.41) is 14.6. The molecule has 0 aliphatic carbocycles. The van der Waals surface area contributed by atoms with E-state index in [1.54, 1.807) is 0 Å². The zero-order valence-electron chi connectivity index (χ0n) is 66.3. The third-order valence-corrected chi connectivity index (χ3v) is 26.7. The summed E-state index contributed by atoms with van der Waals surface area (Å²) in [4.78, 5) is 4.71. The highest BCUT2D eigenvalue weighted by Crippen LogP contribution is 2.49. The molecule has 24 rings (SSSR count). The largest absolute Gasteiger partial charge is 0.455 e. The topological polar surface area (TPSA) is 32.8 Å². The van der Waals surface area contributed by atoms with Crippen molar-refractivity contribution in [3.8, 4) is 89.0 Å². The van der Waals surface area contributed by atoms with Crippen LogP contribution in [0.3, 0.4) is 0 Å². The minimum atomic E-state index is 0.902. The Labute approximate surface area is 713 Å². The Morgan fingerprint density at radius 1 is 0.164 bits per heavy atom. The van der Waals surface area contributed by atoms with Crippen LogP contribution in [0.1, 0.15) is 0 Å². The minimum absolute atomic E-state index is 0.902. The van der Waals surface area contributed by atoms with Gasteiger partial charge < -0.3 is 18.6 Å². The van der Waals surface area contributed by atoms with Crippen LogP contribution in [0.5, 0.6) is 0 Å². The molecule has 24 aromatic rings. The van der Waals surface area contributed by atoms with E-state index in [1.807, 2.05) is 40.9 Å². The van der Waals surface area contributed by atoms with Gasteiger partial charge >= 0.3 is 0 Å². The maximum absolute atomic E-state index is 6.78. The molecule has 0 radical (unpaired) electrons. The number of hydrogen-bond acceptors (Lipinski definition) is 6. The van der Waals surface area contributed by atoms with Gasteiger partial charge in [-0.15, -0.1) is 22.7 Å². The third-order valence-electron chi connectivity index (χ3n) is 24.1. The van der Waals surface area contributed by atoms with E-state index >= 15 is 0 Å². The van der Waals surface area contributed by atoms with Crippen molar-refractivity contribution in [2.75, 3.05) is 9.80 Å². The summed E-state index contributed by atoms with van der Waals surface area (Å²) >= 11 is 3.78. The second-order valence-corrected chi connectivity index (χ2v) is 33.4. The first kappa shape index (κ1) is 71.8. The van der Waals surface area contributed by atoms with Crippen molar-refractivity contribution < 1.29 is 8.83 Å². The summed E-state index contributed by atoms with van der Waals surface area (Å²) in [7, 11) is 0. The van der Waals surface area contributed by atoms with E-state index in [0.717, 1.165) is 123 Å². The lowest BCUT2D eigenvalue weighted by Gasteiger charge is -2.26. The van der Waals surface area contributed by atoms with Crippen LogP contribution in [0.4, 0.5) is 34.1 Å². The molecule has 0 saturated carbocycles. The fourth-order valence-corrected chi connectivity index (χ4v) is 20.8. The van der Waals surface area contributed by atoms with Gasteiger partial charge in [-0.1, -0.05) is 352 Å². The summed E-state index contributed by atoms with van der Waals surface area (Å²) in [6.07, 6.45) is 0. The Balaban J connectivity index is 0.000000142. The quantitative estimate of drug-likeness (QED) is 0.109. The molecule has 122 heavy (non-hydrogen) atoms. The zero-order chi connectivity index (χ0) is 80.6. The number of fused-ring (bicyclic) bond motifs is 14. The van der Waals surface area contributed by atoms with E-state index in [9.17, 15) is 0 Å². The summed E-state index contributed by atoms with van der Waals surface area (Å²) in [5.41, 5.74) is 29.0. The van der Waals surface area contributed by atoms with Crippen molar-refractivity contribution in [3.05, 3.63) is 449 Å². The van der Waals surface area contributed by atoms with E-state index in [4.69, 9.17) is 8.83 Å². The Morgan fingerprint density at radius 2 is 0.467 bits per heavy atom. The lowest BCUT2D eigenvalue weighted by molar-refractivity contribution is 0.670. The molecule has 0 bridgehead atoms.